The lowest BCUT2D eigenvalue weighted by Gasteiger charge is -2.14. The Morgan fingerprint density at radius 3 is 2.00 bits per heavy atom. The summed E-state index contributed by atoms with van der Waals surface area (Å²) in [4.78, 5) is 12.0. The molecule has 0 unspecified atom stereocenters. The van der Waals surface area contributed by atoms with E-state index in [9.17, 15) is 4.79 Å². The maximum atomic E-state index is 12.0. The Hall–Kier alpha value is -3.39. The maximum absolute atomic E-state index is 12.0. The predicted molar refractivity (Wildman–Crippen MR) is 112 cm³/mol. The Balaban J connectivity index is 2.03. The molecule has 0 spiro atoms. The van der Waals surface area contributed by atoms with Gasteiger partial charge in [-0.3, -0.25) is 4.79 Å². The second kappa shape index (κ2) is 6.10. The quantitative estimate of drug-likeness (QED) is 0.155. The fourth-order valence-corrected chi connectivity index (χ4v) is 3.94. The molecule has 5 aromatic carbocycles. The summed E-state index contributed by atoms with van der Waals surface area (Å²) in [5, 5.41) is 9.16. The van der Waals surface area contributed by atoms with Gasteiger partial charge in [-0.25, -0.2) is 0 Å². The molecule has 0 atom stereocenters. The summed E-state index contributed by atoms with van der Waals surface area (Å²) < 4.78 is 5.71. The minimum absolute atomic E-state index is 0.218. The van der Waals surface area contributed by atoms with Gasteiger partial charge in [-0.15, -0.1) is 0 Å². The lowest BCUT2D eigenvalue weighted by Crippen LogP contribution is -2.05. The third-order valence-corrected chi connectivity index (χ3v) is 5.20. The standard InChI is InChI=1S/C25H18O2/c1-2-24(26)27-23-13-7-12-20-18-10-5-6-11-19(18)21-14-16-8-3-4-9-17(16)15-22(21)25(20)23/h3-15H,2H2,1H3. The van der Waals surface area contributed by atoms with E-state index in [1.807, 2.05) is 19.1 Å². The van der Waals surface area contributed by atoms with Crippen LogP contribution in [0.15, 0.2) is 78.9 Å². The number of hydrogen-bond donors (Lipinski definition) is 0. The highest BCUT2D eigenvalue weighted by molar-refractivity contribution is 6.28. The Kier molecular flexibility index (Phi) is 3.58. The van der Waals surface area contributed by atoms with Crippen molar-refractivity contribution in [3.63, 3.8) is 0 Å². The van der Waals surface area contributed by atoms with Gasteiger partial charge in [0.25, 0.3) is 0 Å². The molecule has 0 bridgehead atoms. The van der Waals surface area contributed by atoms with Crippen LogP contribution < -0.4 is 4.74 Å². The monoisotopic (exact) mass is 350 g/mol. The first-order valence-electron chi connectivity index (χ1n) is 9.23. The van der Waals surface area contributed by atoms with Crippen molar-refractivity contribution in [3.05, 3.63) is 78.9 Å². The van der Waals surface area contributed by atoms with Gasteiger partial charge in [0.1, 0.15) is 5.75 Å². The van der Waals surface area contributed by atoms with E-state index in [0.29, 0.717) is 12.2 Å². The first-order chi connectivity index (χ1) is 13.3. The fourth-order valence-electron chi connectivity index (χ4n) is 3.94. The number of hydrogen-bond acceptors (Lipinski definition) is 2. The molecule has 0 aliphatic carbocycles. The highest BCUT2D eigenvalue weighted by Gasteiger charge is 2.14. The van der Waals surface area contributed by atoms with Gasteiger partial charge in [-0.1, -0.05) is 67.6 Å². The molecule has 5 rings (SSSR count). The van der Waals surface area contributed by atoms with Gasteiger partial charge >= 0.3 is 5.97 Å². The topological polar surface area (TPSA) is 26.3 Å². The molecule has 0 aliphatic rings. The molecular weight excluding hydrogens is 332 g/mol. The van der Waals surface area contributed by atoms with Crippen LogP contribution in [-0.4, -0.2) is 5.97 Å². The van der Waals surface area contributed by atoms with Crippen molar-refractivity contribution in [2.75, 3.05) is 0 Å². The molecule has 5 aromatic rings. The van der Waals surface area contributed by atoms with Gasteiger partial charge in [-0.05, 0) is 55.9 Å². The molecule has 0 amide bonds. The van der Waals surface area contributed by atoms with Gasteiger partial charge in [0.05, 0.1) is 0 Å². The molecule has 27 heavy (non-hydrogen) atoms. The predicted octanol–water partition coefficient (Wildman–Crippen LogP) is 6.61. The minimum atomic E-state index is -0.218. The summed E-state index contributed by atoms with van der Waals surface area (Å²) in [5.74, 6) is 0.412. The van der Waals surface area contributed by atoms with Gasteiger partial charge in [0, 0.05) is 11.8 Å². The third kappa shape index (κ3) is 2.45. The van der Waals surface area contributed by atoms with Crippen LogP contribution in [0.2, 0.25) is 0 Å². The highest BCUT2D eigenvalue weighted by atomic mass is 16.5. The van der Waals surface area contributed by atoms with Gasteiger partial charge in [0.15, 0.2) is 0 Å². The molecular formula is C25H18O2. The van der Waals surface area contributed by atoms with Gasteiger partial charge in [-0.2, -0.15) is 0 Å². The van der Waals surface area contributed by atoms with Crippen molar-refractivity contribution in [1.82, 2.24) is 0 Å². The summed E-state index contributed by atoms with van der Waals surface area (Å²) >= 11 is 0. The van der Waals surface area contributed by atoms with Crippen LogP contribution in [0.3, 0.4) is 0 Å². The number of carbonyl (C=O) groups is 1. The molecule has 0 saturated heterocycles. The molecule has 130 valence electrons. The maximum Gasteiger partial charge on any atom is 0.310 e. The fraction of sp³-hybridized carbons (Fsp3) is 0.0800. The lowest BCUT2D eigenvalue weighted by molar-refractivity contribution is -0.133. The van der Waals surface area contributed by atoms with E-state index in [0.717, 1.165) is 16.2 Å². The van der Waals surface area contributed by atoms with Crippen LogP contribution in [0.4, 0.5) is 0 Å². The van der Waals surface area contributed by atoms with E-state index in [4.69, 9.17) is 4.74 Å². The van der Waals surface area contributed by atoms with Crippen molar-refractivity contribution < 1.29 is 9.53 Å². The zero-order chi connectivity index (χ0) is 18.4. The van der Waals surface area contributed by atoms with E-state index in [-0.39, 0.29) is 5.97 Å². The van der Waals surface area contributed by atoms with Crippen LogP contribution in [0, 0.1) is 0 Å². The Bertz CT molecular complexity index is 1350. The van der Waals surface area contributed by atoms with Crippen LogP contribution in [0.1, 0.15) is 13.3 Å². The molecule has 0 radical (unpaired) electrons. The Morgan fingerprint density at radius 2 is 1.30 bits per heavy atom. The summed E-state index contributed by atoms with van der Waals surface area (Å²) in [6, 6.07) is 27.2. The molecule has 2 nitrogen and oxygen atoms in total. The van der Waals surface area contributed by atoms with Crippen molar-refractivity contribution in [3.8, 4) is 5.75 Å². The zero-order valence-electron chi connectivity index (χ0n) is 15.0. The lowest BCUT2D eigenvalue weighted by atomic mass is 9.92. The van der Waals surface area contributed by atoms with Crippen LogP contribution >= 0.6 is 0 Å². The Labute approximate surface area is 157 Å². The average molecular weight is 350 g/mol. The summed E-state index contributed by atoms with van der Waals surface area (Å²) in [6.07, 6.45) is 0.352. The van der Waals surface area contributed by atoms with E-state index < -0.39 is 0 Å². The number of esters is 1. The van der Waals surface area contributed by atoms with Crippen molar-refractivity contribution in [1.29, 1.82) is 0 Å². The summed E-state index contributed by atoms with van der Waals surface area (Å²) in [7, 11) is 0. The van der Waals surface area contributed by atoms with Crippen LogP contribution in [-0.2, 0) is 4.79 Å². The van der Waals surface area contributed by atoms with E-state index in [1.54, 1.807) is 0 Å². The molecule has 0 N–H and O–H groups in total. The van der Waals surface area contributed by atoms with Crippen LogP contribution in [0.25, 0.3) is 43.1 Å². The molecule has 0 fully saturated rings. The zero-order valence-corrected chi connectivity index (χ0v) is 15.0. The summed E-state index contributed by atoms with van der Waals surface area (Å²) in [6.45, 7) is 1.81. The molecule has 0 saturated carbocycles. The van der Waals surface area contributed by atoms with Gasteiger partial charge < -0.3 is 4.74 Å². The smallest absolute Gasteiger partial charge is 0.310 e. The number of fused-ring (bicyclic) bond motifs is 7. The second-order valence-electron chi connectivity index (χ2n) is 6.80. The normalized spacial score (nSPS) is 11.4. The first-order valence-corrected chi connectivity index (χ1v) is 9.23. The first kappa shape index (κ1) is 15.8. The van der Waals surface area contributed by atoms with Crippen LogP contribution in [0.5, 0.6) is 5.75 Å². The molecule has 0 aromatic heterocycles. The third-order valence-electron chi connectivity index (χ3n) is 5.20. The van der Waals surface area contributed by atoms with Gasteiger partial charge in [0.2, 0.25) is 0 Å². The van der Waals surface area contributed by atoms with Crippen molar-refractivity contribution in [2.45, 2.75) is 13.3 Å². The van der Waals surface area contributed by atoms with Crippen molar-refractivity contribution >= 4 is 49.1 Å². The molecule has 2 heteroatoms. The number of ether oxygens (including phenoxy) is 1. The number of rotatable bonds is 2. The second-order valence-corrected chi connectivity index (χ2v) is 6.80. The number of benzene rings is 5. The SMILES string of the molecule is CCC(=O)Oc1cccc2c3ccccc3c3cc4ccccc4cc3c12. The van der Waals surface area contributed by atoms with E-state index in [1.165, 1.54) is 26.9 Å². The average Bonchev–Trinajstić information content (AvgIpc) is 2.72. The Morgan fingerprint density at radius 1 is 0.704 bits per heavy atom. The van der Waals surface area contributed by atoms with E-state index >= 15 is 0 Å². The largest absolute Gasteiger partial charge is 0.426 e. The summed E-state index contributed by atoms with van der Waals surface area (Å²) in [5.41, 5.74) is 0. The minimum Gasteiger partial charge on any atom is -0.426 e. The van der Waals surface area contributed by atoms with E-state index in [2.05, 4.69) is 66.7 Å². The van der Waals surface area contributed by atoms with Crippen molar-refractivity contribution in [2.24, 2.45) is 0 Å². The molecule has 0 heterocycles. The highest BCUT2D eigenvalue weighted by Crippen LogP contribution is 2.41. The number of carbonyl (C=O) groups excluding carboxylic acids is 1. The molecule has 0 aliphatic heterocycles.